The lowest BCUT2D eigenvalue weighted by Gasteiger charge is -2.33. The molecule has 1 heterocycles. The van der Waals surface area contributed by atoms with Crippen molar-refractivity contribution in [2.24, 2.45) is 7.05 Å². The van der Waals surface area contributed by atoms with E-state index in [4.69, 9.17) is 4.74 Å². The lowest BCUT2D eigenvalue weighted by atomic mass is 9.95. The topological polar surface area (TPSA) is 39.1 Å². The zero-order valence-corrected chi connectivity index (χ0v) is 11.7. The van der Waals surface area contributed by atoms with Gasteiger partial charge >= 0.3 is 0 Å². The zero-order chi connectivity index (χ0) is 12.9. The van der Waals surface area contributed by atoms with Crippen LogP contribution in [0.25, 0.3) is 0 Å². The molecule has 0 aliphatic rings. The highest BCUT2D eigenvalue weighted by Gasteiger charge is 2.32. The molecular weight excluding hydrogens is 214 g/mol. The Labute approximate surface area is 104 Å². The normalized spacial score (nSPS) is 13.9. The summed E-state index contributed by atoms with van der Waals surface area (Å²) >= 11 is 0. The standard InChI is InChI=1S/C13H25N3O/c1-6-9-14-12(13(3,4)17-7-2)11-8-10-16(5)15-11/h8,10,12,14H,6-7,9H2,1-5H3. The van der Waals surface area contributed by atoms with Crippen LogP contribution in [0.4, 0.5) is 0 Å². The minimum Gasteiger partial charge on any atom is -0.374 e. The first-order chi connectivity index (χ1) is 8.01. The van der Waals surface area contributed by atoms with Crippen LogP contribution in [0.3, 0.4) is 0 Å². The van der Waals surface area contributed by atoms with E-state index in [0.29, 0.717) is 6.61 Å². The first kappa shape index (κ1) is 14.2. The van der Waals surface area contributed by atoms with Gasteiger partial charge in [-0.3, -0.25) is 4.68 Å². The minimum atomic E-state index is -0.252. The SMILES string of the molecule is CCCNC(c1ccn(C)n1)C(C)(C)OCC. The van der Waals surface area contributed by atoms with E-state index in [0.717, 1.165) is 18.7 Å². The van der Waals surface area contributed by atoms with Gasteiger partial charge in [-0.1, -0.05) is 6.92 Å². The lowest BCUT2D eigenvalue weighted by molar-refractivity contribution is -0.0402. The predicted molar refractivity (Wildman–Crippen MR) is 69.9 cm³/mol. The second kappa shape index (κ2) is 6.17. The highest BCUT2D eigenvalue weighted by Crippen LogP contribution is 2.27. The first-order valence-corrected chi connectivity index (χ1v) is 6.38. The minimum absolute atomic E-state index is 0.128. The van der Waals surface area contributed by atoms with Crippen LogP contribution in [0.5, 0.6) is 0 Å². The highest BCUT2D eigenvalue weighted by molar-refractivity contribution is 5.10. The van der Waals surface area contributed by atoms with E-state index in [1.54, 1.807) is 0 Å². The van der Waals surface area contributed by atoms with Crippen LogP contribution in [0.2, 0.25) is 0 Å². The molecule has 0 bridgehead atoms. The summed E-state index contributed by atoms with van der Waals surface area (Å²) in [5.41, 5.74) is 0.789. The number of hydrogen-bond donors (Lipinski definition) is 1. The van der Waals surface area contributed by atoms with Crippen LogP contribution < -0.4 is 5.32 Å². The Morgan fingerprint density at radius 2 is 2.18 bits per heavy atom. The second-order valence-electron chi connectivity index (χ2n) is 4.84. The van der Waals surface area contributed by atoms with Crippen molar-refractivity contribution in [2.75, 3.05) is 13.2 Å². The predicted octanol–water partition coefficient (Wildman–Crippen LogP) is 2.28. The van der Waals surface area contributed by atoms with E-state index in [-0.39, 0.29) is 11.6 Å². The summed E-state index contributed by atoms with van der Waals surface area (Å²) in [6.45, 7) is 10.1. The molecule has 4 heteroatoms. The molecule has 0 amide bonds. The number of rotatable bonds is 7. The zero-order valence-electron chi connectivity index (χ0n) is 11.7. The fraction of sp³-hybridized carbons (Fsp3) is 0.769. The Morgan fingerprint density at radius 3 is 2.65 bits per heavy atom. The summed E-state index contributed by atoms with van der Waals surface area (Å²) in [6.07, 6.45) is 3.07. The molecule has 0 saturated heterocycles. The van der Waals surface area contributed by atoms with Crippen LogP contribution in [-0.4, -0.2) is 28.5 Å². The van der Waals surface area contributed by atoms with Crippen LogP contribution in [0, 0.1) is 0 Å². The summed E-state index contributed by atoms with van der Waals surface area (Å²) in [7, 11) is 1.94. The molecule has 0 fully saturated rings. The molecule has 0 saturated carbocycles. The fourth-order valence-electron chi connectivity index (χ4n) is 2.04. The summed E-state index contributed by atoms with van der Waals surface area (Å²) in [4.78, 5) is 0. The molecule has 4 nitrogen and oxygen atoms in total. The molecule has 17 heavy (non-hydrogen) atoms. The summed E-state index contributed by atoms with van der Waals surface area (Å²) in [5, 5.41) is 8.01. The van der Waals surface area contributed by atoms with Gasteiger partial charge in [0.1, 0.15) is 0 Å². The van der Waals surface area contributed by atoms with Crippen LogP contribution in [-0.2, 0) is 11.8 Å². The fourth-order valence-corrected chi connectivity index (χ4v) is 2.04. The van der Waals surface area contributed by atoms with Crippen molar-refractivity contribution in [1.29, 1.82) is 0 Å². The molecule has 0 aromatic carbocycles. The van der Waals surface area contributed by atoms with Gasteiger partial charge in [0, 0.05) is 19.9 Å². The molecule has 1 unspecified atom stereocenters. The molecule has 0 aliphatic heterocycles. The van der Waals surface area contributed by atoms with Crippen LogP contribution in [0.1, 0.15) is 45.9 Å². The van der Waals surface area contributed by atoms with E-state index < -0.39 is 0 Å². The molecule has 1 N–H and O–H groups in total. The van der Waals surface area contributed by atoms with Gasteiger partial charge in [-0.25, -0.2) is 0 Å². The van der Waals surface area contributed by atoms with E-state index >= 15 is 0 Å². The van der Waals surface area contributed by atoms with Crippen molar-refractivity contribution in [3.05, 3.63) is 18.0 Å². The molecule has 98 valence electrons. The average molecular weight is 239 g/mol. The Balaban J connectivity index is 2.86. The van der Waals surface area contributed by atoms with Gasteiger partial charge in [0.05, 0.1) is 17.3 Å². The maximum atomic E-state index is 5.84. The Kier molecular flexibility index (Phi) is 5.15. The summed E-state index contributed by atoms with van der Waals surface area (Å²) < 4.78 is 7.67. The largest absolute Gasteiger partial charge is 0.374 e. The van der Waals surface area contributed by atoms with E-state index in [9.17, 15) is 0 Å². The van der Waals surface area contributed by atoms with Crippen molar-refractivity contribution in [3.8, 4) is 0 Å². The van der Waals surface area contributed by atoms with Crippen LogP contribution >= 0.6 is 0 Å². The number of hydrogen-bond acceptors (Lipinski definition) is 3. The number of aromatic nitrogens is 2. The van der Waals surface area contributed by atoms with Gasteiger partial charge < -0.3 is 10.1 Å². The monoisotopic (exact) mass is 239 g/mol. The summed E-state index contributed by atoms with van der Waals surface area (Å²) in [6, 6.07) is 2.18. The van der Waals surface area contributed by atoms with E-state index in [2.05, 4.69) is 31.2 Å². The van der Waals surface area contributed by atoms with E-state index in [1.807, 2.05) is 30.9 Å². The van der Waals surface area contributed by atoms with Crippen molar-refractivity contribution in [2.45, 2.75) is 45.8 Å². The Hall–Kier alpha value is -0.870. The van der Waals surface area contributed by atoms with Gasteiger partial charge in [0.15, 0.2) is 0 Å². The van der Waals surface area contributed by atoms with Crippen molar-refractivity contribution in [1.82, 2.24) is 15.1 Å². The van der Waals surface area contributed by atoms with Gasteiger partial charge in [0.2, 0.25) is 0 Å². The number of aryl methyl sites for hydroxylation is 1. The quantitative estimate of drug-likeness (QED) is 0.793. The van der Waals surface area contributed by atoms with Gasteiger partial charge in [0.25, 0.3) is 0 Å². The Bertz CT molecular complexity index is 333. The van der Waals surface area contributed by atoms with Gasteiger partial charge in [-0.2, -0.15) is 5.10 Å². The maximum absolute atomic E-state index is 5.84. The third kappa shape index (κ3) is 3.82. The lowest BCUT2D eigenvalue weighted by Crippen LogP contribution is -2.42. The number of nitrogens with zero attached hydrogens (tertiary/aromatic N) is 2. The third-order valence-corrected chi connectivity index (χ3v) is 2.84. The molecular formula is C13H25N3O. The van der Waals surface area contributed by atoms with Crippen molar-refractivity contribution >= 4 is 0 Å². The maximum Gasteiger partial charge on any atom is 0.0836 e. The molecule has 1 aromatic rings. The number of nitrogens with one attached hydrogen (secondary N) is 1. The van der Waals surface area contributed by atoms with Crippen molar-refractivity contribution in [3.63, 3.8) is 0 Å². The van der Waals surface area contributed by atoms with Crippen LogP contribution in [0.15, 0.2) is 12.3 Å². The molecule has 1 aromatic heterocycles. The molecule has 0 radical (unpaired) electrons. The second-order valence-corrected chi connectivity index (χ2v) is 4.84. The van der Waals surface area contributed by atoms with Crippen molar-refractivity contribution < 1.29 is 4.74 Å². The average Bonchev–Trinajstić information content (AvgIpc) is 2.65. The first-order valence-electron chi connectivity index (χ1n) is 6.38. The summed E-state index contributed by atoms with van der Waals surface area (Å²) in [5.74, 6) is 0. The third-order valence-electron chi connectivity index (χ3n) is 2.84. The van der Waals surface area contributed by atoms with Gasteiger partial charge in [-0.15, -0.1) is 0 Å². The smallest absolute Gasteiger partial charge is 0.0836 e. The Morgan fingerprint density at radius 1 is 1.47 bits per heavy atom. The molecule has 0 spiro atoms. The molecule has 0 aliphatic carbocycles. The van der Waals surface area contributed by atoms with E-state index in [1.165, 1.54) is 0 Å². The molecule has 1 rings (SSSR count). The number of ether oxygens (including phenoxy) is 1. The highest BCUT2D eigenvalue weighted by atomic mass is 16.5. The van der Waals surface area contributed by atoms with Gasteiger partial charge in [-0.05, 0) is 39.8 Å². The molecule has 1 atom stereocenters.